The summed E-state index contributed by atoms with van der Waals surface area (Å²) in [4.78, 5) is 10.9. The lowest BCUT2D eigenvalue weighted by Gasteiger charge is -2.03. The van der Waals surface area contributed by atoms with E-state index in [1.165, 1.54) is 18.2 Å². The Morgan fingerprint density at radius 3 is 2.71 bits per heavy atom. The van der Waals surface area contributed by atoms with Gasteiger partial charge in [-0.2, -0.15) is 0 Å². The molecule has 0 amide bonds. The molecule has 0 aromatic heterocycles. The number of benzene rings is 1. The standard InChI is InChI=1S/C14H19BrO2/c1-17-14(16)9-4-2-3-6-12-7-5-8-13(10-12)11-15/h5,7-8,10H,2-4,6,9,11H2,1H3. The molecule has 3 heteroatoms. The first-order chi connectivity index (χ1) is 8.26. The van der Waals surface area contributed by atoms with Crippen molar-refractivity contribution in [2.75, 3.05) is 7.11 Å². The van der Waals surface area contributed by atoms with Crippen LogP contribution in [0.1, 0.15) is 36.8 Å². The molecule has 0 saturated heterocycles. The van der Waals surface area contributed by atoms with Crippen molar-refractivity contribution in [3.05, 3.63) is 35.4 Å². The average Bonchev–Trinajstić information content (AvgIpc) is 2.38. The Bertz CT molecular complexity index is 350. The number of methoxy groups -OCH3 is 1. The first-order valence-electron chi connectivity index (χ1n) is 5.97. The van der Waals surface area contributed by atoms with E-state index in [2.05, 4.69) is 44.9 Å². The van der Waals surface area contributed by atoms with Gasteiger partial charge in [-0.1, -0.05) is 46.6 Å². The first kappa shape index (κ1) is 14.2. The summed E-state index contributed by atoms with van der Waals surface area (Å²) in [7, 11) is 1.44. The third-order valence-electron chi connectivity index (χ3n) is 2.72. The predicted octanol–water partition coefficient (Wildman–Crippen LogP) is 3.86. The molecule has 1 rings (SSSR count). The molecule has 1 aromatic carbocycles. The largest absolute Gasteiger partial charge is 0.469 e. The Morgan fingerprint density at radius 1 is 1.24 bits per heavy atom. The molecular weight excluding hydrogens is 280 g/mol. The van der Waals surface area contributed by atoms with Crippen LogP contribution >= 0.6 is 15.9 Å². The second-order valence-electron chi connectivity index (χ2n) is 4.09. The molecule has 0 aliphatic rings. The monoisotopic (exact) mass is 298 g/mol. The summed E-state index contributed by atoms with van der Waals surface area (Å²) in [6.45, 7) is 0. The quantitative estimate of drug-likeness (QED) is 0.434. The van der Waals surface area contributed by atoms with Crippen LogP contribution in [0.25, 0.3) is 0 Å². The number of hydrogen-bond acceptors (Lipinski definition) is 2. The maximum Gasteiger partial charge on any atom is 0.305 e. The maximum atomic E-state index is 10.9. The minimum absolute atomic E-state index is 0.105. The number of carbonyl (C=O) groups is 1. The van der Waals surface area contributed by atoms with Gasteiger partial charge in [-0.3, -0.25) is 4.79 Å². The van der Waals surface area contributed by atoms with E-state index < -0.39 is 0 Å². The molecule has 0 aliphatic heterocycles. The Kier molecular flexibility index (Phi) is 6.94. The average molecular weight is 299 g/mol. The number of halogens is 1. The molecule has 0 atom stereocenters. The Morgan fingerprint density at radius 2 is 2.00 bits per heavy atom. The molecule has 0 saturated carbocycles. The van der Waals surface area contributed by atoms with Crippen LogP contribution in [0.3, 0.4) is 0 Å². The normalized spacial score (nSPS) is 10.2. The van der Waals surface area contributed by atoms with Crippen molar-refractivity contribution in [3.63, 3.8) is 0 Å². The van der Waals surface area contributed by atoms with Gasteiger partial charge in [-0.05, 0) is 30.4 Å². The number of aryl methyl sites for hydroxylation is 1. The van der Waals surface area contributed by atoms with Crippen molar-refractivity contribution in [2.45, 2.75) is 37.4 Å². The van der Waals surface area contributed by atoms with Crippen LogP contribution in [-0.4, -0.2) is 13.1 Å². The maximum absolute atomic E-state index is 10.9. The second kappa shape index (κ2) is 8.29. The van der Waals surface area contributed by atoms with Gasteiger partial charge in [0, 0.05) is 11.8 Å². The molecule has 1 aromatic rings. The molecule has 0 aliphatic carbocycles. The molecule has 0 N–H and O–H groups in total. The van der Waals surface area contributed by atoms with E-state index in [9.17, 15) is 4.79 Å². The summed E-state index contributed by atoms with van der Waals surface area (Å²) >= 11 is 3.46. The number of ether oxygens (including phenoxy) is 1. The van der Waals surface area contributed by atoms with Gasteiger partial charge in [0.05, 0.1) is 7.11 Å². The third-order valence-corrected chi connectivity index (χ3v) is 3.37. The number of rotatable bonds is 7. The van der Waals surface area contributed by atoms with E-state index in [1.54, 1.807) is 0 Å². The van der Waals surface area contributed by atoms with Crippen LogP contribution in [0.2, 0.25) is 0 Å². The number of carbonyl (C=O) groups excluding carboxylic acids is 1. The minimum atomic E-state index is -0.105. The van der Waals surface area contributed by atoms with Crippen molar-refractivity contribution in [2.24, 2.45) is 0 Å². The van der Waals surface area contributed by atoms with Gasteiger partial charge >= 0.3 is 5.97 Å². The van der Waals surface area contributed by atoms with E-state index in [4.69, 9.17) is 0 Å². The van der Waals surface area contributed by atoms with Crippen molar-refractivity contribution in [3.8, 4) is 0 Å². The number of unbranched alkanes of at least 4 members (excludes halogenated alkanes) is 2. The molecule has 0 heterocycles. The lowest BCUT2D eigenvalue weighted by Crippen LogP contribution is -1.99. The van der Waals surface area contributed by atoms with Gasteiger partial charge < -0.3 is 4.74 Å². The minimum Gasteiger partial charge on any atom is -0.469 e. The number of hydrogen-bond donors (Lipinski definition) is 0. The summed E-state index contributed by atoms with van der Waals surface area (Å²) in [6, 6.07) is 8.61. The zero-order valence-electron chi connectivity index (χ0n) is 10.2. The van der Waals surface area contributed by atoms with Crippen molar-refractivity contribution in [1.82, 2.24) is 0 Å². The van der Waals surface area contributed by atoms with Crippen molar-refractivity contribution in [1.29, 1.82) is 0 Å². The fourth-order valence-corrected chi connectivity index (χ4v) is 2.09. The van der Waals surface area contributed by atoms with Gasteiger partial charge in [-0.15, -0.1) is 0 Å². The zero-order valence-corrected chi connectivity index (χ0v) is 11.8. The molecule has 94 valence electrons. The van der Waals surface area contributed by atoms with Crippen LogP contribution in [0.5, 0.6) is 0 Å². The summed E-state index contributed by atoms with van der Waals surface area (Å²) in [5.74, 6) is -0.105. The fourth-order valence-electron chi connectivity index (χ4n) is 1.75. The smallest absolute Gasteiger partial charge is 0.305 e. The SMILES string of the molecule is COC(=O)CCCCCc1cccc(CBr)c1. The van der Waals surface area contributed by atoms with Crippen LogP contribution < -0.4 is 0 Å². The molecular formula is C14H19BrO2. The third kappa shape index (κ3) is 5.87. The van der Waals surface area contributed by atoms with Crippen molar-refractivity contribution < 1.29 is 9.53 Å². The molecule has 0 fully saturated rings. The second-order valence-corrected chi connectivity index (χ2v) is 4.65. The molecule has 0 spiro atoms. The number of esters is 1. The van der Waals surface area contributed by atoms with Crippen LogP contribution in [0, 0.1) is 0 Å². The van der Waals surface area contributed by atoms with E-state index in [1.807, 2.05) is 0 Å². The number of alkyl halides is 1. The highest BCUT2D eigenvalue weighted by molar-refractivity contribution is 9.08. The summed E-state index contributed by atoms with van der Waals surface area (Å²) in [6.07, 6.45) is 4.75. The Hall–Kier alpha value is -0.830. The van der Waals surface area contributed by atoms with Crippen molar-refractivity contribution >= 4 is 21.9 Å². The zero-order chi connectivity index (χ0) is 12.5. The summed E-state index contributed by atoms with van der Waals surface area (Å²) in [5, 5.41) is 0.906. The molecule has 0 bridgehead atoms. The highest BCUT2D eigenvalue weighted by Crippen LogP contribution is 2.12. The molecule has 0 unspecified atom stereocenters. The van der Waals surface area contributed by atoms with Gasteiger partial charge in [0.2, 0.25) is 0 Å². The fraction of sp³-hybridized carbons (Fsp3) is 0.500. The van der Waals surface area contributed by atoms with E-state index in [0.29, 0.717) is 6.42 Å². The Labute approximate surface area is 111 Å². The highest BCUT2D eigenvalue weighted by atomic mass is 79.9. The van der Waals surface area contributed by atoms with E-state index in [0.717, 1.165) is 31.0 Å². The Balaban J connectivity index is 2.19. The van der Waals surface area contributed by atoms with Crippen LogP contribution in [0.15, 0.2) is 24.3 Å². The van der Waals surface area contributed by atoms with Crippen LogP contribution in [0.4, 0.5) is 0 Å². The first-order valence-corrected chi connectivity index (χ1v) is 7.09. The lowest BCUT2D eigenvalue weighted by molar-refractivity contribution is -0.140. The molecule has 17 heavy (non-hydrogen) atoms. The van der Waals surface area contributed by atoms with Crippen LogP contribution in [-0.2, 0) is 21.3 Å². The van der Waals surface area contributed by atoms with E-state index >= 15 is 0 Å². The van der Waals surface area contributed by atoms with E-state index in [-0.39, 0.29) is 5.97 Å². The van der Waals surface area contributed by atoms with Gasteiger partial charge in [0.1, 0.15) is 0 Å². The van der Waals surface area contributed by atoms with Gasteiger partial charge in [0.15, 0.2) is 0 Å². The van der Waals surface area contributed by atoms with Gasteiger partial charge in [-0.25, -0.2) is 0 Å². The summed E-state index contributed by atoms with van der Waals surface area (Å²) < 4.78 is 4.60. The predicted molar refractivity (Wildman–Crippen MR) is 73.3 cm³/mol. The summed E-state index contributed by atoms with van der Waals surface area (Å²) in [5.41, 5.74) is 2.69. The lowest BCUT2D eigenvalue weighted by atomic mass is 10.0. The highest BCUT2D eigenvalue weighted by Gasteiger charge is 2.00. The topological polar surface area (TPSA) is 26.3 Å². The molecule has 0 radical (unpaired) electrons. The van der Waals surface area contributed by atoms with Gasteiger partial charge in [0.25, 0.3) is 0 Å². The molecule has 2 nitrogen and oxygen atoms in total.